The first-order chi connectivity index (χ1) is 11.7. The molecule has 3 rings (SSSR count). The summed E-state index contributed by atoms with van der Waals surface area (Å²) in [6.45, 7) is 5.19. The zero-order chi connectivity index (χ0) is 18.4. The first-order valence-corrected chi connectivity index (χ1v) is 9.24. The number of sulfonamides is 1. The van der Waals surface area contributed by atoms with E-state index in [0.29, 0.717) is 9.99 Å². The van der Waals surface area contributed by atoms with Crippen molar-refractivity contribution in [1.29, 1.82) is 0 Å². The van der Waals surface area contributed by atoms with Crippen LogP contribution in [0.15, 0.2) is 47.4 Å². The van der Waals surface area contributed by atoms with Crippen molar-refractivity contribution in [1.82, 2.24) is 4.31 Å². The van der Waals surface area contributed by atoms with E-state index in [1.807, 2.05) is 19.9 Å². The Labute approximate surface area is 146 Å². The molecule has 0 aromatic heterocycles. The monoisotopic (exact) mass is 358 g/mol. The molecule has 0 saturated heterocycles. The number of fused-ring (bicyclic) bond motifs is 1. The van der Waals surface area contributed by atoms with Crippen molar-refractivity contribution < 1.29 is 18.0 Å². The third kappa shape index (κ3) is 2.70. The Morgan fingerprint density at radius 3 is 2.44 bits per heavy atom. The van der Waals surface area contributed by atoms with Gasteiger partial charge in [-0.15, -0.1) is 0 Å². The van der Waals surface area contributed by atoms with Crippen LogP contribution in [0.2, 0.25) is 0 Å². The van der Waals surface area contributed by atoms with Gasteiger partial charge in [0, 0.05) is 5.69 Å². The molecule has 1 heterocycles. The minimum Gasteiger partial charge on any atom is -0.324 e. The van der Waals surface area contributed by atoms with Gasteiger partial charge >= 0.3 is 0 Å². The first-order valence-electron chi connectivity index (χ1n) is 7.80. The molecule has 2 aromatic carbocycles. The fourth-order valence-corrected chi connectivity index (χ4v) is 4.54. The van der Waals surface area contributed by atoms with E-state index in [2.05, 4.69) is 5.32 Å². The number of aryl methyl sites for hydroxylation is 1. The highest BCUT2D eigenvalue weighted by Gasteiger charge is 2.45. The summed E-state index contributed by atoms with van der Waals surface area (Å²) in [5.74, 6) is -1.24. The second kappa shape index (κ2) is 6.00. The molecule has 130 valence electrons. The topological polar surface area (TPSA) is 83.6 Å². The molecule has 2 amide bonds. The number of carbonyl (C=O) groups excluding carboxylic acids is 2. The summed E-state index contributed by atoms with van der Waals surface area (Å²) in [5, 5.41) is 2.72. The van der Waals surface area contributed by atoms with Gasteiger partial charge in [-0.1, -0.05) is 24.3 Å². The van der Waals surface area contributed by atoms with Crippen LogP contribution < -0.4 is 5.32 Å². The van der Waals surface area contributed by atoms with E-state index in [9.17, 15) is 18.0 Å². The third-order valence-electron chi connectivity index (χ3n) is 4.45. The quantitative estimate of drug-likeness (QED) is 0.914. The van der Waals surface area contributed by atoms with Gasteiger partial charge in [0.1, 0.15) is 10.9 Å². The molecular weight excluding hydrogens is 340 g/mol. The van der Waals surface area contributed by atoms with Crippen LogP contribution in [0.5, 0.6) is 0 Å². The second-order valence-corrected chi connectivity index (χ2v) is 7.80. The number of hydrogen-bond acceptors (Lipinski definition) is 4. The lowest BCUT2D eigenvalue weighted by molar-refractivity contribution is -0.118. The van der Waals surface area contributed by atoms with E-state index in [0.717, 1.165) is 11.1 Å². The molecule has 1 atom stereocenters. The molecular formula is C18H18N2O4S. The Bertz CT molecular complexity index is 982. The van der Waals surface area contributed by atoms with Crippen LogP contribution in [0.3, 0.4) is 0 Å². The maximum absolute atomic E-state index is 12.6. The SMILES string of the molecule is Cc1cccc(NC(=O)C(C)N2C(=O)c3ccccc3S2(=O)=O)c1C. The van der Waals surface area contributed by atoms with Gasteiger partial charge in [0.2, 0.25) is 5.91 Å². The molecule has 1 N–H and O–H groups in total. The van der Waals surface area contributed by atoms with E-state index in [4.69, 9.17) is 0 Å². The Morgan fingerprint density at radius 2 is 1.76 bits per heavy atom. The maximum Gasteiger partial charge on any atom is 0.269 e. The predicted octanol–water partition coefficient (Wildman–Crippen LogP) is 2.48. The lowest BCUT2D eigenvalue weighted by Crippen LogP contribution is -2.45. The summed E-state index contributed by atoms with van der Waals surface area (Å²) in [6, 6.07) is 10.3. The van der Waals surface area contributed by atoms with Gasteiger partial charge in [0.15, 0.2) is 0 Å². The molecule has 6 nitrogen and oxygen atoms in total. The lowest BCUT2D eigenvalue weighted by atomic mass is 10.1. The van der Waals surface area contributed by atoms with Crippen molar-refractivity contribution in [3.63, 3.8) is 0 Å². The Morgan fingerprint density at radius 1 is 1.08 bits per heavy atom. The lowest BCUT2D eigenvalue weighted by Gasteiger charge is -2.23. The first kappa shape index (κ1) is 17.2. The van der Waals surface area contributed by atoms with Crippen molar-refractivity contribution in [2.24, 2.45) is 0 Å². The maximum atomic E-state index is 12.6. The van der Waals surface area contributed by atoms with Gasteiger partial charge in [0.05, 0.1) is 5.56 Å². The Balaban J connectivity index is 1.91. The van der Waals surface area contributed by atoms with Gasteiger partial charge in [-0.25, -0.2) is 12.7 Å². The molecule has 0 saturated carbocycles. The van der Waals surface area contributed by atoms with Gasteiger partial charge < -0.3 is 5.32 Å². The average molecular weight is 358 g/mol. The molecule has 1 unspecified atom stereocenters. The zero-order valence-electron chi connectivity index (χ0n) is 14.1. The molecule has 0 aliphatic carbocycles. The second-order valence-electron chi connectivity index (χ2n) is 6.01. The molecule has 0 bridgehead atoms. The van der Waals surface area contributed by atoms with Crippen LogP contribution in [-0.2, 0) is 14.8 Å². The van der Waals surface area contributed by atoms with Crippen LogP contribution in [0, 0.1) is 13.8 Å². The summed E-state index contributed by atoms with van der Waals surface area (Å²) >= 11 is 0. The van der Waals surface area contributed by atoms with Crippen LogP contribution in [-0.4, -0.2) is 30.6 Å². The Kier molecular flexibility index (Phi) is 4.12. The fraction of sp³-hybridized carbons (Fsp3) is 0.222. The Hall–Kier alpha value is -2.67. The normalized spacial score (nSPS) is 16.4. The van der Waals surface area contributed by atoms with Gasteiger partial charge in [-0.3, -0.25) is 9.59 Å². The van der Waals surface area contributed by atoms with Crippen LogP contribution >= 0.6 is 0 Å². The predicted molar refractivity (Wildman–Crippen MR) is 93.8 cm³/mol. The smallest absolute Gasteiger partial charge is 0.269 e. The number of nitrogens with zero attached hydrogens (tertiary/aromatic N) is 1. The van der Waals surface area contributed by atoms with E-state index >= 15 is 0 Å². The fourth-order valence-electron chi connectivity index (χ4n) is 2.82. The van der Waals surface area contributed by atoms with Crippen molar-refractivity contribution in [3.05, 3.63) is 59.2 Å². The van der Waals surface area contributed by atoms with E-state index in [1.54, 1.807) is 24.3 Å². The van der Waals surface area contributed by atoms with Gasteiger partial charge in [0.25, 0.3) is 15.9 Å². The molecule has 1 aliphatic rings. The number of benzene rings is 2. The van der Waals surface area contributed by atoms with Crippen molar-refractivity contribution in [3.8, 4) is 0 Å². The summed E-state index contributed by atoms with van der Waals surface area (Å²) in [5.41, 5.74) is 2.58. The summed E-state index contributed by atoms with van der Waals surface area (Å²) in [4.78, 5) is 25.0. The molecule has 25 heavy (non-hydrogen) atoms. The van der Waals surface area contributed by atoms with Crippen molar-refractivity contribution in [2.75, 3.05) is 5.32 Å². The molecule has 2 aromatic rings. The van der Waals surface area contributed by atoms with E-state index in [1.165, 1.54) is 19.1 Å². The molecule has 7 heteroatoms. The summed E-state index contributed by atoms with van der Waals surface area (Å²) in [6.07, 6.45) is 0. The van der Waals surface area contributed by atoms with E-state index < -0.39 is 27.9 Å². The van der Waals surface area contributed by atoms with Crippen molar-refractivity contribution >= 4 is 27.5 Å². The van der Waals surface area contributed by atoms with E-state index in [-0.39, 0.29) is 10.5 Å². The highest BCUT2D eigenvalue weighted by Crippen LogP contribution is 2.32. The van der Waals surface area contributed by atoms with Crippen LogP contribution in [0.4, 0.5) is 5.69 Å². The van der Waals surface area contributed by atoms with Crippen LogP contribution in [0.25, 0.3) is 0 Å². The number of carbonyl (C=O) groups is 2. The average Bonchev–Trinajstić information content (AvgIpc) is 2.78. The largest absolute Gasteiger partial charge is 0.324 e. The van der Waals surface area contributed by atoms with Crippen molar-refractivity contribution in [2.45, 2.75) is 31.7 Å². The number of rotatable bonds is 3. The zero-order valence-corrected chi connectivity index (χ0v) is 14.9. The molecule has 0 radical (unpaired) electrons. The molecule has 1 aliphatic heterocycles. The standard InChI is InChI=1S/C18H18N2O4S/c1-11-7-6-9-15(12(11)2)19-17(21)13(3)20-18(22)14-8-4-5-10-16(14)25(20,23)24/h4-10,13H,1-3H3,(H,19,21). The number of anilines is 1. The van der Waals surface area contributed by atoms with Gasteiger partial charge in [-0.2, -0.15) is 0 Å². The highest BCUT2D eigenvalue weighted by atomic mass is 32.2. The molecule has 0 spiro atoms. The van der Waals surface area contributed by atoms with Crippen LogP contribution in [0.1, 0.15) is 28.4 Å². The minimum absolute atomic E-state index is 0.0635. The number of nitrogens with one attached hydrogen (secondary N) is 1. The highest BCUT2D eigenvalue weighted by molar-refractivity contribution is 7.90. The summed E-state index contributed by atoms with van der Waals surface area (Å²) in [7, 11) is -4.03. The third-order valence-corrected chi connectivity index (χ3v) is 6.36. The summed E-state index contributed by atoms with van der Waals surface area (Å²) < 4.78 is 25.9. The van der Waals surface area contributed by atoms with Gasteiger partial charge in [-0.05, 0) is 50.1 Å². The number of amides is 2. The molecule has 0 fully saturated rings. The minimum atomic E-state index is -4.03. The number of hydrogen-bond donors (Lipinski definition) is 1.